The molecule has 1 aliphatic rings. The van der Waals surface area contributed by atoms with Crippen molar-refractivity contribution in [2.24, 2.45) is 0 Å². The average Bonchev–Trinajstić information content (AvgIpc) is 2.93. The molecule has 10 heteroatoms. The molecule has 1 heterocycles. The summed E-state index contributed by atoms with van der Waals surface area (Å²) >= 11 is 9.90. The van der Waals surface area contributed by atoms with Crippen LogP contribution in [0.25, 0.3) is 0 Å². The first-order valence-electron chi connectivity index (χ1n) is 12.2. The summed E-state index contributed by atoms with van der Waals surface area (Å²) < 4.78 is 12.4. The van der Waals surface area contributed by atoms with Gasteiger partial charge < -0.3 is 25.0 Å². The van der Waals surface area contributed by atoms with E-state index in [1.807, 2.05) is 12.1 Å². The molecule has 0 aromatic heterocycles. The van der Waals surface area contributed by atoms with Gasteiger partial charge in [-0.15, -0.1) is 0 Å². The topological polar surface area (TPSA) is 97.0 Å². The number of amides is 3. The van der Waals surface area contributed by atoms with Crippen LogP contribution >= 0.6 is 27.5 Å². The number of nitrogens with zero attached hydrogens (tertiary/aromatic N) is 1. The molecule has 0 aliphatic carbocycles. The third-order valence-corrected chi connectivity index (χ3v) is 7.09. The molecule has 3 aromatic rings. The Labute approximate surface area is 234 Å². The van der Waals surface area contributed by atoms with Gasteiger partial charge in [-0.2, -0.15) is 0 Å². The van der Waals surface area contributed by atoms with Gasteiger partial charge in [0.15, 0.2) is 0 Å². The third-order valence-electron chi connectivity index (χ3n) is 5.99. The van der Waals surface area contributed by atoms with Crippen molar-refractivity contribution in [3.63, 3.8) is 0 Å². The molecule has 0 radical (unpaired) electrons. The molecule has 0 saturated carbocycles. The molecule has 1 aliphatic heterocycles. The zero-order valence-electron chi connectivity index (χ0n) is 21.0. The van der Waals surface area contributed by atoms with Crippen molar-refractivity contribution < 1.29 is 23.9 Å². The van der Waals surface area contributed by atoms with E-state index in [-0.39, 0.29) is 23.9 Å². The van der Waals surface area contributed by atoms with E-state index in [2.05, 4.69) is 26.6 Å². The quantitative estimate of drug-likeness (QED) is 0.341. The molecule has 2 N–H and O–H groups in total. The molecule has 0 unspecified atom stereocenters. The van der Waals surface area contributed by atoms with Crippen LogP contribution in [0.15, 0.2) is 59.1 Å². The normalized spacial score (nSPS) is 12.4. The zero-order chi connectivity index (χ0) is 27.2. The number of anilines is 2. The van der Waals surface area contributed by atoms with E-state index in [1.54, 1.807) is 56.3 Å². The number of halogens is 2. The number of rotatable bonds is 7. The van der Waals surface area contributed by atoms with Crippen LogP contribution in [0.4, 0.5) is 11.4 Å². The summed E-state index contributed by atoms with van der Waals surface area (Å²) in [6.07, 6.45) is 0.573. The Morgan fingerprint density at radius 3 is 2.18 bits per heavy atom. The van der Waals surface area contributed by atoms with Gasteiger partial charge >= 0.3 is 11.8 Å². The Morgan fingerprint density at radius 1 is 0.921 bits per heavy atom. The first-order valence-corrected chi connectivity index (χ1v) is 13.4. The molecule has 4 rings (SSSR count). The number of nitrogens with one attached hydrogen (secondary N) is 2. The number of ether oxygens (including phenoxy) is 2. The lowest BCUT2D eigenvalue weighted by molar-refractivity contribution is -0.143. The minimum absolute atomic E-state index is 0.229. The van der Waals surface area contributed by atoms with E-state index in [1.165, 1.54) is 4.90 Å². The van der Waals surface area contributed by atoms with E-state index in [0.717, 1.165) is 15.6 Å². The van der Waals surface area contributed by atoms with Gasteiger partial charge in [0, 0.05) is 40.3 Å². The highest BCUT2D eigenvalue weighted by Gasteiger charge is 2.29. The predicted octanol–water partition coefficient (Wildman–Crippen LogP) is 5.68. The van der Waals surface area contributed by atoms with E-state index in [9.17, 15) is 14.4 Å². The Kier molecular flexibility index (Phi) is 8.91. The van der Waals surface area contributed by atoms with Crippen molar-refractivity contribution in [3.05, 3.63) is 80.8 Å². The van der Waals surface area contributed by atoms with Gasteiger partial charge in [0.2, 0.25) is 0 Å². The van der Waals surface area contributed by atoms with Crippen LogP contribution in [0, 0.1) is 0 Å². The number of carbonyl (C=O) groups is 3. The van der Waals surface area contributed by atoms with Crippen molar-refractivity contribution in [3.8, 4) is 11.5 Å². The van der Waals surface area contributed by atoms with Crippen LogP contribution in [0.5, 0.6) is 11.5 Å². The van der Waals surface area contributed by atoms with Gasteiger partial charge in [-0.3, -0.25) is 14.4 Å². The molecule has 38 heavy (non-hydrogen) atoms. The first-order chi connectivity index (χ1) is 18.3. The lowest BCUT2D eigenvalue weighted by Gasteiger charge is -2.29. The van der Waals surface area contributed by atoms with Crippen molar-refractivity contribution in [1.29, 1.82) is 0 Å². The van der Waals surface area contributed by atoms with Crippen LogP contribution in [-0.2, 0) is 22.6 Å². The number of benzene rings is 3. The van der Waals surface area contributed by atoms with Gasteiger partial charge in [-0.05, 0) is 55.7 Å². The van der Waals surface area contributed by atoms with Crippen LogP contribution in [0.1, 0.15) is 35.3 Å². The van der Waals surface area contributed by atoms with E-state index in [0.29, 0.717) is 48.2 Å². The maximum Gasteiger partial charge on any atom is 0.314 e. The fourth-order valence-corrected chi connectivity index (χ4v) is 4.98. The van der Waals surface area contributed by atoms with Crippen LogP contribution in [0.3, 0.4) is 0 Å². The largest absolute Gasteiger partial charge is 0.492 e. The van der Waals surface area contributed by atoms with Crippen molar-refractivity contribution in [2.75, 3.05) is 30.4 Å². The van der Waals surface area contributed by atoms with E-state index in [4.69, 9.17) is 21.1 Å². The molecular weight excluding hydrogens is 574 g/mol. The van der Waals surface area contributed by atoms with Crippen molar-refractivity contribution in [1.82, 2.24) is 4.90 Å². The molecule has 0 spiro atoms. The number of carbonyl (C=O) groups excluding carboxylic acids is 3. The summed E-state index contributed by atoms with van der Waals surface area (Å²) in [7, 11) is 0. The summed E-state index contributed by atoms with van der Waals surface area (Å²) in [6.45, 7) is 4.82. The van der Waals surface area contributed by atoms with Crippen molar-refractivity contribution in [2.45, 2.75) is 26.8 Å². The smallest absolute Gasteiger partial charge is 0.314 e. The van der Waals surface area contributed by atoms with Crippen molar-refractivity contribution >= 4 is 56.6 Å². The number of hydrogen-bond donors (Lipinski definition) is 2. The molecule has 198 valence electrons. The fraction of sp³-hybridized carbons (Fsp3) is 0.250. The molecule has 3 aromatic carbocycles. The summed E-state index contributed by atoms with van der Waals surface area (Å²) in [5, 5.41) is 6.05. The molecular formula is C28H27BrClN3O5. The van der Waals surface area contributed by atoms with Gasteiger partial charge in [-0.25, -0.2) is 0 Å². The molecule has 0 saturated heterocycles. The first kappa shape index (κ1) is 27.5. The lowest BCUT2D eigenvalue weighted by atomic mass is 9.99. The number of fused-ring (bicyclic) bond motifs is 1. The highest BCUT2D eigenvalue weighted by atomic mass is 79.9. The van der Waals surface area contributed by atoms with Gasteiger partial charge in [0.05, 0.1) is 24.6 Å². The molecule has 0 atom stereocenters. The highest BCUT2D eigenvalue weighted by Crippen LogP contribution is 2.37. The Balaban J connectivity index is 1.56. The summed E-state index contributed by atoms with van der Waals surface area (Å²) in [5.74, 6) is -1.21. The maximum absolute atomic E-state index is 13.1. The molecule has 3 amide bonds. The fourth-order valence-electron chi connectivity index (χ4n) is 4.18. The van der Waals surface area contributed by atoms with E-state index < -0.39 is 11.8 Å². The second-order valence-electron chi connectivity index (χ2n) is 8.45. The second-order valence-corrected chi connectivity index (χ2v) is 9.71. The Morgan fingerprint density at radius 2 is 1.55 bits per heavy atom. The molecule has 0 bridgehead atoms. The number of hydrogen-bond acceptors (Lipinski definition) is 5. The van der Waals surface area contributed by atoms with Gasteiger partial charge in [-0.1, -0.05) is 45.7 Å². The van der Waals surface area contributed by atoms with Crippen LogP contribution in [-0.4, -0.2) is 42.4 Å². The Bertz CT molecular complexity index is 1370. The Hall–Kier alpha value is -3.56. The average molecular weight is 601 g/mol. The van der Waals surface area contributed by atoms with Crippen LogP contribution < -0.4 is 20.1 Å². The van der Waals surface area contributed by atoms with E-state index >= 15 is 0 Å². The monoisotopic (exact) mass is 599 g/mol. The zero-order valence-corrected chi connectivity index (χ0v) is 23.3. The molecule has 0 fully saturated rings. The predicted molar refractivity (Wildman–Crippen MR) is 150 cm³/mol. The summed E-state index contributed by atoms with van der Waals surface area (Å²) in [4.78, 5) is 40.4. The lowest BCUT2D eigenvalue weighted by Crippen LogP contribution is -2.42. The van der Waals surface area contributed by atoms with Gasteiger partial charge in [0.25, 0.3) is 5.91 Å². The highest BCUT2D eigenvalue weighted by molar-refractivity contribution is 9.10. The standard InChI is InChI=1S/C28H27BrClN3O5/c1-3-37-24-15-23(25(38-4-2)14-22(24)31-26(34)17-8-6-5-7-9-17)32-27(35)28(36)33-13-12-18-19(16-33)21(30)11-10-20(18)29/h5-11,14-15H,3-4,12-13,16H2,1-2H3,(H,31,34)(H,32,35). The minimum Gasteiger partial charge on any atom is -0.492 e. The minimum atomic E-state index is -0.816. The summed E-state index contributed by atoms with van der Waals surface area (Å²) in [6, 6.07) is 15.5. The second kappa shape index (κ2) is 12.3. The van der Waals surface area contributed by atoms with Gasteiger partial charge in [0.1, 0.15) is 11.5 Å². The third kappa shape index (κ3) is 6.11. The SMILES string of the molecule is CCOc1cc(NC(=O)c2ccccc2)c(OCC)cc1NC(=O)C(=O)N1CCc2c(Br)ccc(Cl)c2C1. The molecule has 8 nitrogen and oxygen atoms in total. The maximum atomic E-state index is 13.1. The summed E-state index contributed by atoms with van der Waals surface area (Å²) in [5.41, 5.74) is 2.97. The van der Waals surface area contributed by atoms with Crippen LogP contribution in [0.2, 0.25) is 5.02 Å².